The van der Waals surface area contributed by atoms with Gasteiger partial charge in [-0.25, -0.2) is 0 Å². The highest BCUT2D eigenvalue weighted by Crippen LogP contribution is 2.32. The van der Waals surface area contributed by atoms with E-state index >= 15 is 0 Å². The van der Waals surface area contributed by atoms with Gasteiger partial charge in [0, 0.05) is 50.6 Å². The smallest absolute Gasteiger partial charge is 0.369 e. The molecule has 2 aliphatic rings. The SMILES string of the molecule is Cc1ccccc1NC(=O)C[C@H]1C(=O)NCCN1C(=O)CN1CCN(c2cccc(C(F)(F)F)c2)CC1. The average molecular weight is 518 g/mol. The van der Waals surface area contributed by atoms with E-state index in [0.29, 0.717) is 50.6 Å². The van der Waals surface area contributed by atoms with Gasteiger partial charge in [0.1, 0.15) is 6.04 Å². The molecule has 2 aromatic carbocycles. The number of anilines is 2. The second-order valence-electron chi connectivity index (χ2n) is 9.27. The van der Waals surface area contributed by atoms with Crippen molar-refractivity contribution >= 4 is 29.1 Å². The maximum atomic E-state index is 13.2. The van der Waals surface area contributed by atoms with Gasteiger partial charge in [0.2, 0.25) is 17.7 Å². The zero-order chi connectivity index (χ0) is 26.6. The van der Waals surface area contributed by atoms with Crippen molar-refractivity contribution < 1.29 is 27.6 Å². The van der Waals surface area contributed by atoms with E-state index < -0.39 is 17.8 Å². The second kappa shape index (κ2) is 11.2. The van der Waals surface area contributed by atoms with Crippen LogP contribution in [0.1, 0.15) is 17.5 Å². The number of amides is 3. The van der Waals surface area contributed by atoms with Gasteiger partial charge in [0.15, 0.2) is 0 Å². The lowest BCUT2D eigenvalue weighted by atomic mass is 10.1. The highest BCUT2D eigenvalue weighted by Gasteiger charge is 2.36. The Morgan fingerprint density at radius 1 is 1.03 bits per heavy atom. The number of carbonyl (C=O) groups excluding carboxylic acids is 3. The van der Waals surface area contributed by atoms with Crippen LogP contribution in [0.5, 0.6) is 0 Å². The Kier molecular flexibility index (Phi) is 8.01. The van der Waals surface area contributed by atoms with Gasteiger partial charge in [-0.15, -0.1) is 0 Å². The maximum absolute atomic E-state index is 13.2. The van der Waals surface area contributed by atoms with E-state index in [-0.39, 0.29) is 30.7 Å². The molecule has 2 saturated heterocycles. The molecule has 0 radical (unpaired) electrons. The summed E-state index contributed by atoms with van der Waals surface area (Å²) in [6, 6.07) is 11.6. The molecule has 0 unspecified atom stereocenters. The van der Waals surface area contributed by atoms with Gasteiger partial charge >= 0.3 is 6.18 Å². The van der Waals surface area contributed by atoms with E-state index in [1.165, 1.54) is 11.0 Å². The molecule has 2 fully saturated rings. The van der Waals surface area contributed by atoms with Crippen molar-refractivity contribution in [3.05, 3.63) is 59.7 Å². The van der Waals surface area contributed by atoms with Crippen LogP contribution in [-0.2, 0) is 20.6 Å². The zero-order valence-electron chi connectivity index (χ0n) is 20.6. The van der Waals surface area contributed by atoms with Crippen LogP contribution in [0.25, 0.3) is 0 Å². The fourth-order valence-corrected chi connectivity index (χ4v) is 4.63. The predicted octanol–water partition coefficient (Wildman–Crippen LogP) is 2.49. The lowest BCUT2D eigenvalue weighted by molar-refractivity contribution is -0.145. The molecule has 198 valence electrons. The molecule has 0 aliphatic carbocycles. The Labute approximate surface area is 213 Å². The van der Waals surface area contributed by atoms with Crippen LogP contribution in [0.15, 0.2) is 48.5 Å². The van der Waals surface area contributed by atoms with Gasteiger partial charge in [-0.1, -0.05) is 24.3 Å². The summed E-state index contributed by atoms with van der Waals surface area (Å²) in [5, 5.41) is 5.54. The van der Waals surface area contributed by atoms with Gasteiger partial charge in [0.05, 0.1) is 18.5 Å². The molecule has 37 heavy (non-hydrogen) atoms. The summed E-state index contributed by atoms with van der Waals surface area (Å²) in [4.78, 5) is 43.6. The first-order valence-electron chi connectivity index (χ1n) is 12.2. The van der Waals surface area contributed by atoms with E-state index in [4.69, 9.17) is 0 Å². The number of hydrogen-bond donors (Lipinski definition) is 2. The van der Waals surface area contributed by atoms with Crippen LogP contribution in [0, 0.1) is 6.92 Å². The fourth-order valence-electron chi connectivity index (χ4n) is 4.63. The second-order valence-corrected chi connectivity index (χ2v) is 9.27. The molecule has 2 heterocycles. The minimum atomic E-state index is -4.40. The molecular formula is C26H30F3N5O3. The van der Waals surface area contributed by atoms with Crippen LogP contribution >= 0.6 is 0 Å². The molecular weight excluding hydrogens is 487 g/mol. The van der Waals surface area contributed by atoms with E-state index in [9.17, 15) is 27.6 Å². The lowest BCUT2D eigenvalue weighted by Gasteiger charge is -2.39. The Bertz CT molecular complexity index is 1150. The fraction of sp³-hybridized carbons (Fsp3) is 0.423. The molecule has 0 aromatic heterocycles. The summed E-state index contributed by atoms with van der Waals surface area (Å²) in [6.07, 6.45) is -4.56. The molecule has 2 N–H and O–H groups in total. The summed E-state index contributed by atoms with van der Waals surface area (Å²) in [6.45, 7) is 4.46. The van der Waals surface area contributed by atoms with Crippen molar-refractivity contribution in [2.45, 2.75) is 25.6 Å². The van der Waals surface area contributed by atoms with E-state index in [1.54, 1.807) is 18.2 Å². The van der Waals surface area contributed by atoms with Crippen LogP contribution < -0.4 is 15.5 Å². The lowest BCUT2D eigenvalue weighted by Crippen LogP contribution is -2.60. The molecule has 3 amide bonds. The molecule has 11 heteroatoms. The molecule has 0 spiro atoms. The highest BCUT2D eigenvalue weighted by atomic mass is 19.4. The molecule has 8 nitrogen and oxygen atoms in total. The third-order valence-electron chi connectivity index (χ3n) is 6.72. The first kappa shape index (κ1) is 26.5. The number of benzene rings is 2. The van der Waals surface area contributed by atoms with Crippen molar-refractivity contribution in [2.24, 2.45) is 0 Å². The van der Waals surface area contributed by atoms with Crippen molar-refractivity contribution in [3.63, 3.8) is 0 Å². The predicted molar refractivity (Wildman–Crippen MR) is 133 cm³/mol. The minimum Gasteiger partial charge on any atom is -0.369 e. The van der Waals surface area contributed by atoms with Crippen molar-refractivity contribution in [2.75, 3.05) is 56.0 Å². The molecule has 0 saturated carbocycles. The van der Waals surface area contributed by atoms with Gasteiger partial charge < -0.3 is 20.4 Å². The number of nitrogens with zero attached hydrogens (tertiary/aromatic N) is 3. The molecule has 4 rings (SSSR count). The van der Waals surface area contributed by atoms with E-state index in [2.05, 4.69) is 10.6 Å². The largest absolute Gasteiger partial charge is 0.416 e. The molecule has 2 aromatic rings. The number of piperazine rings is 2. The Hall–Kier alpha value is -3.60. The standard InChI is InChI=1S/C26H30F3N5O3/c1-18-5-2-3-8-21(18)31-23(35)16-22-25(37)30-9-10-34(22)24(36)17-32-11-13-33(14-12-32)20-7-4-6-19(15-20)26(27,28)29/h2-8,15,22H,9-14,16-17H2,1H3,(H,30,37)(H,31,35)/t22-/m0/s1. The third-order valence-corrected chi connectivity index (χ3v) is 6.72. The minimum absolute atomic E-state index is 0.0691. The molecule has 0 bridgehead atoms. The van der Waals surface area contributed by atoms with E-state index in [1.807, 2.05) is 28.9 Å². The van der Waals surface area contributed by atoms with E-state index in [0.717, 1.165) is 17.7 Å². The summed E-state index contributed by atoms with van der Waals surface area (Å²) >= 11 is 0. The Morgan fingerprint density at radius 2 is 1.76 bits per heavy atom. The number of para-hydroxylation sites is 1. The normalized spacial score (nSPS) is 18.9. The first-order valence-corrected chi connectivity index (χ1v) is 12.2. The van der Waals surface area contributed by atoms with Gasteiger partial charge in [-0.2, -0.15) is 13.2 Å². The van der Waals surface area contributed by atoms with Gasteiger partial charge in [0.25, 0.3) is 0 Å². The monoisotopic (exact) mass is 517 g/mol. The zero-order valence-corrected chi connectivity index (χ0v) is 20.6. The van der Waals surface area contributed by atoms with Gasteiger partial charge in [-0.3, -0.25) is 19.3 Å². The number of nitrogens with one attached hydrogen (secondary N) is 2. The summed E-state index contributed by atoms with van der Waals surface area (Å²) in [5.41, 5.74) is 1.35. The number of aryl methyl sites for hydroxylation is 1. The molecule has 2 aliphatic heterocycles. The van der Waals surface area contributed by atoms with Crippen LogP contribution in [0.2, 0.25) is 0 Å². The Morgan fingerprint density at radius 3 is 2.46 bits per heavy atom. The topological polar surface area (TPSA) is 85.0 Å². The average Bonchev–Trinajstić information content (AvgIpc) is 2.86. The summed E-state index contributed by atoms with van der Waals surface area (Å²) < 4.78 is 39.2. The van der Waals surface area contributed by atoms with Crippen molar-refractivity contribution in [1.82, 2.24) is 15.1 Å². The maximum Gasteiger partial charge on any atom is 0.416 e. The van der Waals surface area contributed by atoms with Crippen LogP contribution in [-0.4, -0.2) is 79.4 Å². The highest BCUT2D eigenvalue weighted by molar-refractivity contribution is 5.98. The number of carbonyl (C=O) groups is 3. The van der Waals surface area contributed by atoms with Crippen LogP contribution in [0.3, 0.4) is 0 Å². The third kappa shape index (κ3) is 6.59. The number of halogens is 3. The van der Waals surface area contributed by atoms with Gasteiger partial charge in [-0.05, 0) is 36.8 Å². The van der Waals surface area contributed by atoms with Crippen LogP contribution in [0.4, 0.5) is 24.5 Å². The number of rotatable bonds is 6. The quantitative estimate of drug-likeness (QED) is 0.615. The molecule has 1 atom stereocenters. The number of alkyl halides is 3. The summed E-state index contributed by atoms with van der Waals surface area (Å²) in [5.74, 6) is -0.978. The van der Waals surface area contributed by atoms with Crippen molar-refractivity contribution in [3.8, 4) is 0 Å². The first-order chi connectivity index (χ1) is 17.6. The number of hydrogen-bond acceptors (Lipinski definition) is 5. The summed E-state index contributed by atoms with van der Waals surface area (Å²) in [7, 11) is 0. The Balaban J connectivity index is 1.33. The van der Waals surface area contributed by atoms with Crippen molar-refractivity contribution in [1.29, 1.82) is 0 Å².